The maximum atomic E-state index is 11.9. The molecule has 4 nitrogen and oxygen atoms in total. The Bertz CT molecular complexity index is 456. The summed E-state index contributed by atoms with van der Waals surface area (Å²) in [6.45, 7) is 7.27. The average Bonchev–Trinajstić information content (AvgIpc) is 2.86. The molecule has 4 heteroatoms. The molecule has 0 saturated carbocycles. The topological polar surface area (TPSA) is 55.6 Å². The lowest BCUT2D eigenvalue weighted by molar-refractivity contribution is -0.127. The van der Waals surface area contributed by atoms with E-state index in [2.05, 4.69) is 13.8 Å². The summed E-state index contributed by atoms with van der Waals surface area (Å²) < 4.78 is 5.70. The molecule has 0 bridgehead atoms. The number of rotatable bonds is 7. The van der Waals surface area contributed by atoms with Crippen LogP contribution in [-0.4, -0.2) is 30.5 Å². The highest BCUT2D eigenvalue weighted by Gasteiger charge is 2.30. The van der Waals surface area contributed by atoms with Crippen molar-refractivity contribution in [3.05, 3.63) is 29.8 Å². The lowest BCUT2D eigenvalue weighted by Crippen LogP contribution is -2.27. The second-order valence-electron chi connectivity index (χ2n) is 6.10. The molecule has 1 atom stereocenters. The Hall–Kier alpha value is -1.55. The van der Waals surface area contributed by atoms with E-state index in [-0.39, 0.29) is 0 Å². The number of benzene rings is 1. The highest BCUT2D eigenvalue weighted by molar-refractivity contribution is 5.78. The Morgan fingerprint density at radius 2 is 2.05 bits per heavy atom. The van der Waals surface area contributed by atoms with Crippen molar-refractivity contribution in [3.63, 3.8) is 0 Å². The van der Waals surface area contributed by atoms with Crippen molar-refractivity contribution in [3.8, 4) is 5.75 Å². The van der Waals surface area contributed by atoms with Gasteiger partial charge in [-0.3, -0.25) is 4.79 Å². The van der Waals surface area contributed by atoms with E-state index in [1.165, 1.54) is 0 Å². The number of likely N-dealkylation sites (tertiary alicyclic amines) is 1. The van der Waals surface area contributed by atoms with Crippen LogP contribution in [0.1, 0.15) is 32.3 Å². The van der Waals surface area contributed by atoms with Crippen LogP contribution in [0.15, 0.2) is 24.3 Å². The molecular weight excluding hydrogens is 264 g/mol. The molecule has 0 aromatic heterocycles. The first-order valence-corrected chi connectivity index (χ1v) is 7.79. The van der Waals surface area contributed by atoms with Crippen molar-refractivity contribution < 1.29 is 9.53 Å². The van der Waals surface area contributed by atoms with Crippen molar-refractivity contribution >= 4 is 5.91 Å². The standard InChI is InChI=1S/C17H26N2O2/c1-13(2)15-10-17(20)19(12-15)8-3-9-21-16-6-4-14(11-18)5-7-16/h4-7,13,15H,3,8-12,18H2,1-2H3. The molecule has 2 N–H and O–H groups in total. The third kappa shape index (κ3) is 4.46. The summed E-state index contributed by atoms with van der Waals surface area (Å²) in [6, 6.07) is 7.84. The predicted octanol–water partition coefficient (Wildman–Crippen LogP) is 2.42. The van der Waals surface area contributed by atoms with Crippen molar-refractivity contribution in [2.45, 2.75) is 33.2 Å². The molecule has 0 aliphatic carbocycles. The first-order chi connectivity index (χ1) is 10.1. The molecule has 1 aromatic carbocycles. The normalized spacial score (nSPS) is 18.6. The van der Waals surface area contributed by atoms with E-state index in [0.717, 1.165) is 30.8 Å². The van der Waals surface area contributed by atoms with Crippen molar-refractivity contribution in [1.29, 1.82) is 0 Å². The molecule has 1 heterocycles. The maximum absolute atomic E-state index is 11.9. The SMILES string of the molecule is CC(C)C1CC(=O)N(CCCOc2ccc(CN)cc2)C1. The molecule has 2 rings (SSSR count). The minimum atomic E-state index is 0.293. The van der Waals surface area contributed by atoms with Gasteiger partial charge in [0.15, 0.2) is 0 Å². The number of carbonyl (C=O) groups is 1. The average molecular weight is 290 g/mol. The van der Waals surface area contributed by atoms with E-state index in [9.17, 15) is 4.79 Å². The molecular formula is C17H26N2O2. The molecule has 1 aliphatic heterocycles. The summed E-state index contributed by atoms with van der Waals surface area (Å²) in [5, 5.41) is 0. The van der Waals surface area contributed by atoms with E-state index in [1.54, 1.807) is 0 Å². The van der Waals surface area contributed by atoms with E-state index in [4.69, 9.17) is 10.5 Å². The second kappa shape index (κ2) is 7.46. The molecule has 1 amide bonds. The first kappa shape index (κ1) is 15.8. The smallest absolute Gasteiger partial charge is 0.222 e. The number of nitrogens with two attached hydrogens (primary N) is 1. The van der Waals surface area contributed by atoms with Gasteiger partial charge < -0.3 is 15.4 Å². The largest absolute Gasteiger partial charge is 0.494 e. The number of carbonyl (C=O) groups excluding carboxylic acids is 1. The Balaban J connectivity index is 1.68. The van der Waals surface area contributed by atoms with E-state index in [1.807, 2.05) is 29.2 Å². The lowest BCUT2D eigenvalue weighted by Gasteiger charge is -2.18. The van der Waals surface area contributed by atoms with Crippen LogP contribution < -0.4 is 10.5 Å². The fraction of sp³-hybridized carbons (Fsp3) is 0.588. The summed E-state index contributed by atoms with van der Waals surface area (Å²) in [5.41, 5.74) is 6.66. The van der Waals surface area contributed by atoms with E-state index >= 15 is 0 Å². The van der Waals surface area contributed by atoms with Gasteiger partial charge in [-0.15, -0.1) is 0 Å². The molecule has 1 saturated heterocycles. The minimum Gasteiger partial charge on any atom is -0.494 e. The third-order valence-corrected chi connectivity index (χ3v) is 4.19. The zero-order chi connectivity index (χ0) is 15.2. The zero-order valence-corrected chi connectivity index (χ0v) is 13.0. The number of ether oxygens (including phenoxy) is 1. The molecule has 0 spiro atoms. The summed E-state index contributed by atoms with van der Waals surface area (Å²) >= 11 is 0. The van der Waals surface area contributed by atoms with Gasteiger partial charge in [0.2, 0.25) is 5.91 Å². The highest BCUT2D eigenvalue weighted by atomic mass is 16.5. The number of amides is 1. The van der Waals surface area contributed by atoms with Crippen molar-refractivity contribution in [1.82, 2.24) is 4.90 Å². The number of nitrogens with zero attached hydrogens (tertiary/aromatic N) is 1. The van der Waals surface area contributed by atoms with Crippen LogP contribution in [0.5, 0.6) is 5.75 Å². The zero-order valence-electron chi connectivity index (χ0n) is 13.0. The van der Waals surface area contributed by atoms with Gasteiger partial charge in [0.25, 0.3) is 0 Å². The first-order valence-electron chi connectivity index (χ1n) is 7.79. The minimum absolute atomic E-state index is 0.293. The van der Waals surface area contributed by atoms with Crippen LogP contribution >= 0.6 is 0 Å². The molecule has 1 fully saturated rings. The van der Waals surface area contributed by atoms with E-state index in [0.29, 0.717) is 37.3 Å². The van der Waals surface area contributed by atoms with Gasteiger partial charge in [0.1, 0.15) is 5.75 Å². The lowest BCUT2D eigenvalue weighted by atomic mass is 9.95. The van der Waals surface area contributed by atoms with Crippen LogP contribution in [-0.2, 0) is 11.3 Å². The van der Waals surface area contributed by atoms with Crippen LogP contribution in [0.4, 0.5) is 0 Å². The summed E-state index contributed by atoms with van der Waals surface area (Å²) in [5.74, 6) is 2.25. The van der Waals surface area contributed by atoms with Crippen LogP contribution in [0, 0.1) is 11.8 Å². The van der Waals surface area contributed by atoms with Crippen LogP contribution in [0.3, 0.4) is 0 Å². The summed E-state index contributed by atoms with van der Waals surface area (Å²) in [6.07, 6.45) is 1.58. The Labute approximate surface area is 127 Å². The van der Waals surface area contributed by atoms with Gasteiger partial charge in [0, 0.05) is 26.1 Å². The molecule has 116 valence electrons. The third-order valence-electron chi connectivity index (χ3n) is 4.19. The molecule has 1 aliphatic rings. The fourth-order valence-corrected chi connectivity index (χ4v) is 2.63. The van der Waals surface area contributed by atoms with Gasteiger partial charge in [-0.05, 0) is 36.0 Å². The van der Waals surface area contributed by atoms with Crippen molar-refractivity contribution in [2.24, 2.45) is 17.6 Å². The van der Waals surface area contributed by atoms with Crippen molar-refractivity contribution in [2.75, 3.05) is 19.7 Å². The van der Waals surface area contributed by atoms with Gasteiger partial charge in [-0.2, -0.15) is 0 Å². The van der Waals surface area contributed by atoms with Gasteiger partial charge in [-0.25, -0.2) is 0 Å². The molecule has 1 aromatic rings. The Morgan fingerprint density at radius 3 is 2.62 bits per heavy atom. The number of hydrogen-bond donors (Lipinski definition) is 1. The van der Waals surface area contributed by atoms with Gasteiger partial charge in [-0.1, -0.05) is 26.0 Å². The van der Waals surface area contributed by atoms with E-state index < -0.39 is 0 Å². The Morgan fingerprint density at radius 1 is 1.33 bits per heavy atom. The number of hydrogen-bond acceptors (Lipinski definition) is 3. The van der Waals surface area contributed by atoms with Crippen LogP contribution in [0.2, 0.25) is 0 Å². The highest BCUT2D eigenvalue weighted by Crippen LogP contribution is 2.24. The van der Waals surface area contributed by atoms with Gasteiger partial charge >= 0.3 is 0 Å². The molecule has 21 heavy (non-hydrogen) atoms. The summed E-state index contributed by atoms with van der Waals surface area (Å²) in [7, 11) is 0. The Kier molecular flexibility index (Phi) is 5.62. The predicted molar refractivity (Wildman–Crippen MR) is 84.0 cm³/mol. The molecule has 1 unspecified atom stereocenters. The molecule has 0 radical (unpaired) electrons. The monoisotopic (exact) mass is 290 g/mol. The fourth-order valence-electron chi connectivity index (χ4n) is 2.63. The van der Waals surface area contributed by atoms with Crippen LogP contribution in [0.25, 0.3) is 0 Å². The second-order valence-corrected chi connectivity index (χ2v) is 6.10. The quantitative estimate of drug-likeness (QED) is 0.785. The van der Waals surface area contributed by atoms with Gasteiger partial charge in [0.05, 0.1) is 6.61 Å². The summed E-state index contributed by atoms with van der Waals surface area (Å²) in [4.78, 5) is 13.9. The maximum Gasteiger partial charge on any atom is 0.222 e.